The molecule has 5 heterocycles. The molecule has 2 fully saturated rings. The van der Waals surface area contributed by atoms with Crippen molar-refractivity contribution in [3.63, 3.8) is 0 Å². The smallest absolute Gasteiger partial charge is 0.387 e. The molecule has 2 aromatic heterocycles. The van der Waals surface area contributed by atoms with Crippen LogP contribution < -0.4 is 11.5 Å². The maximum atomic E-state index is 12.6. The number of aromatic nitrogens is 4. The average Bonchev–Trinajstić information content (AvgIpc) is 3.64. The molecule has 5 rings (SSSR count). The van der Waals surface area contributed by atoms with E-state index in [9.17, 15) is 53.4 Å². The fourth-order valence-corrected chi connectivity index (χ4v) is 7.57. The number of imidazole rings is 1. The number of hydrogen-bond donors (Lipinski definition) is 9. The van der Waals surface area contributed by atoms with Gasteiger partial charge in [-0.25, -0.2) is 28.6 Å². The van der Waals surface area contributed by atoms with Crippen molar-refractivity contribution in [2.45, 2.75) is 55.5 Å². The van der Waals surface area contributed by atoms with E-state index in [1.54, 1.807) is 0 Å². The molecule has 2 saturated heterocycles. The third kappa shape index (κ3) is 8.17. The zero-order chi connectivity index (χ0) is 35.2. The standard InChI is InChI=1S/C21H30N7O17P3/c22-17-12-19(25-7-24-17)28(8-26-12)21-16(44-46(33,34)35)14(30)11(43-21)6-41-48(38,39)45-47(36,37)40-5-10-13(29)15(31)20(42-10)27-3-1-2-9(4-27)18(23)32/h1,3-4,7-8,10-11,13-16,20-21,29-31H,2,5-6H2,(H2,23,32)(H,36,37)(H,38,39)(H2,22,24,25)(H2,33,34,35)/t10-,11-,13+,14-,15+,16+,20+,21+/m1/s1. The third-order valence-corrected chi connectivity index (χ3v) is 10.2. The Balaban J connectivity index is 1.20. The number of nitrogens with two attached hydrogens (primary N) is 2. The molecule has 1 amide bonds. The normalized spacial score (nSPS) is 31.9. The number of hydrogen-bond acceptors (Lipinski definition) is 18. The summed E-state index contributed by atoms with van der Waals surface area (Å²) >= 11 is 0. The Kier molecular flexibility index (Phi) is 10.6. The number of aliphatic hydroxyl groups excluding tert-OH is 3. The van der Waals surface area contributed by atoms with Crippen LogP contribution in [0.4, 0.5) is 5.82 Å². The Morgan fingerprint density at radius 3 is 2.19 bits per heavy atom. The lowest BCUT2D eigenvalue weighted by molar-refractivity contribution is -0.115. The number of phosphoric ester groups is 3. The summed E-state index contributed by atoms with van der Waals surface area (Å²) in [6.45, 7) is -2.02. The van der Waals surface area contributed by atoms with Gasteiger partial charge >= 0.3 is 23.5 Å². The highest BCUT2D eigenvalue weighted by molar-refractivity contribution is 7.61. The van der Waals surface area contributed by atoms with Crippen LogP contribution in [0.25, 0.3) is 11.2 Å². The molecule has 27 heteroatoms. The summed E-state index contributed by atoms with van der Waals surface area (Å²) in [5, 5.41) is 31.5. The highest BCUT2D eigenvalue weighted by Gasteiger charge is 2.51. The van der Waals surface area contributed by atoms with Crippen LogP contribution in [0.15, 0.2) is 36.7 Å². The van der Waals surface area contributed by atoms with Gasteiger partial charge in [0, 0.05) is 18.0 Å². The summed E-state index contributed by atoms with van der Waals surface area (Å²) < 4.78 is 67.2. The maximum Gasteiger partial charge on any atom is 0.481 e. The Bertz CT molecular complexity index is 1740. The van der Waals surface area contributed by atoms with Crippen LogP contribution in [0.2, 0.25) is 0 Å². The fraction of sp³-hybridized carbons (Fsp3) is 0.524. The van der Waals surface area contributed by atoms with Crippen LogP contribution >= 0.6 is 23.5 Å². The largest absolute Gasteiger partial charge is 0.481 e. The summed E-state index contributed by atoms with van der Waals surface area (Å²) in [6.07, 6.45) is -6.47. The molecule has 2 aromatic rings. The summed E-state index contributed by atoms with van der Waals surface area (Å²) in [5.41, 5.74) is 11.3. The Hall–Kier alpha value is -2.73. The predicted octanol–water partition coefficient (Wildman–Crippen LogP) is -2.57. The SMILES string of the molecule is NC(=O)C1=CN([C@H]2O[C@H](COP(=O)(O)OP(=O)(O)OC[C@H]3O[C@H](n4cnc5c(N)ncnc54)[C@@H](OP(=O)(O)O)[C@@H]3O)[C@H](O)[C@@H]2O)C=CC1. The first-order valence-corrected chi connectivity index (χ1v) is 18.0. The molecular formula is C21H30N7O17P3. The van der Waals surface area contributed by atoms with Crippen molar-refractivity contribution in [2.75, 3.05) is 18.9 Å². The van der Waals surface area contributed by atoms with E-state index in [2.05, 4.69) is 23.8 Å². The van der Waals surface area contributed by atoms with E-state index < -0.39 is 91.7 Å². The molecule has 48 heavy (non-hydrogen) atoms. The Morgan fingerprint density at radius 2 is 1.56 bits per heavy atom. The fourth-order valence-electron chi connectivity index (χ4n) is 4.93. The first-order valence-electron chi connectivity index (χ1n) is 13.5. The summed E-state index contributed by atoms with van der Waals surface area (Å²) in [7, 11) is -16.3. The number of allylic oxidation sites excluding steroid dienone is 1. The van der Waals surface area contributed by atoms with E-state index in [0.717, 1.165) is 17.2 Å². The second-order valence-corrected chi connectivity index (χ2v) is 14.6. The van der Waals surface area contributed by atoms with Crippen molar-refractivity contribution in [1.82, 2.24) is 24.4 Å². The average molecular weight is 745 g/mol. The van der Waals surface area contributed by atoms with Gasteiger partial charge in [0.05, 0.1) is 19.5 Å². The van der Waals surface area contributed by atoms with Gasteiger partial charge < -0.3 is 60.7 Å². The molecule has 0 radical (unpaired) electrons. The molecule has 3 aliphatic rings. The van der Waals surface area contributed by atoms with Gasteiger partial charge in [-0.15, -0.1) is 0 Å². The molecule has 0 aromatic carbocycles. The highest BCUT2D eigenvalue weighted by Crippen LogP contribution is 2.61. The van der Waals surface area contributed by atoms with Crippen LogP contribution in [0.3, 0.4) is 0 Å². The minimum atomic E-state index is -5.52. The lowest BCUT2D eigenvalue weighted by Crippen LogP contribution is -2.40. The van der Waals surface area contributed by atoms with Crippen LogP contribution in [0.1, 0.15) is 12.6 Å². The van der Waals surface area contributed by atoms with Crippen molar-refractivity contribution in [3.8, 4) is 0 Å². The molecule has 24 nitrogen and oxygen atoms in total. The first kappa shape index (κ1) is 36.5. The molecule has 0 saturated carbocycles. The number of carbonyl (C=O) groups is 1. The number of carbonyl (C=O) groups excluding carboxylic acids is 1. The second-order valence-electron chi connectivity index (χ2n) is 10.4. The van der Waals surface area contributed by atoms with Gasteiger partial charge in [-0.1, -0.05) is 6.08 Å². The van der Waals surface area contributed by atoms with E-state index in [-0.39, 0.29) is 29.0 Å². The van der Waals surface area contributed by atoms with Crippen molar-refractivity contribution in [2.24, 2.45) is 5.73 Å². The number of rotatable bonds is 13. The minimum Gasteiger partial charge on any atom is -0.387 e. The number of primary amides is 1. The molecule has 3 aliphatic heterocycles. The van der Waals surface area contributed by atoms with Gasteiger partial charge in [0.1, 0.15) is 48.5 Å². The molecular weight excluding hydrogens is 715 g/mol. The molecule has 0 aliphatic carbocycles. The number of aliphatic hydroxyl groups is 3. The highest BCUT2D eigenvalue weighted by atomic mass is 31.3. The number of nitrogen functional groups attached to an aromatic ring is 1. The molecule has 0 bridgehead atoms. The van der Waals surface area contributed by atoms with Crippen molar-refractivity contribution < 1.29 is 80.7 Å². The van der Waals surface area contributed by atoms with Crippen LogP contribution in [-0.2, 0) is 45.8 Å². The van der Waals surface area contributed by atoms with E-state index >= 15 is 0 Å². The van der Waals surface area contributed by atoms with Crippen LogP contribution in [-0.4, -0.2) is 121 Å². The van der Waals surface area contributed by atoms with Gasteiger partial charge in [-0.3, -0.25) is 22.9 Å². The zero-order valence-electron chi connectivity index (χ0n) is 24.1. The zero-order valence-corrected chi connectivity index (χ0v) is 26.8. The quantitative estimate of drug-likeness (QED) is 0.0951. The summed E-state index contributed by atoms with van der Waals surface area (Å²) in [5.74, 6) is -0.791. The van der Waals surface area contributed by atoms with Crippen molar-refractivity contribution >= 4 is 46.4 Å². The first-order chi connectivity index (χ1) is 22.4. The van der Waals surface area contributed by atoms with E-state index in [4.69, 9.17) is 30.0 Å². The summed E-state index contributed by atoms with van der Waals surface area (Å²) in [6, 6.07) is 0. The van der Waals surface area contributed by atoms with E-state index in [1.165, 1.54) is 23.4 Å². The van der Waals surface area contributed by atoms with E-state index in [0.29, 0.717) is 0 Å². The van der Waals surface area contributed by atoms with Gasteiger partial charge in [0.15, 0.2) is 23.9 Å². The number of phosphoric acid groups is 3. The van der Waals surface area contributed by atoms with Gasteiger partial charge in [-0.05, 0) is 6.42 Å². The Labute approximate surface area is 268 Å². The number of nitrogens with zero attached hydrogens (tertiary/aromatic N) is 5. The topological polar surface area (TPSA) is 364 Å². The Morgan fingerprint density at radius 1 is 0.938 bits per heavy atom. The van der Waals surface area contributed by atoms with Gasteiger partial charge in [0.2, 0.25) is 5.91 Å². The molecule has 10 atom stereocenters. The second kappa shape index (κ2) is 13.9. The van der Waals surface area contributed by atoms with Crippen molar-refractivity contribution in [3.05, 3.63) is 36.7 Å². The number of amides is 1. The number of fused-ring (bicyclic) bond motifs is 1. The molecule has 2 unspecified atom stereocenters. The number of ether oxygens (including phenoxy) is 2. The van der Waals surface area contributed by atoms with Gasteiger partial charge in [-0.2, -0.15) is 4.31 Å². The maximum absolute atomic E-state index is 12.6. The molecule has 11 N–H and O–H groups in total. The lowest BCUT2D eigenvalue weighted by Gasteiger charge is -2.28. The lowest BCUT2D eigenvalue weighted by atomic mass is 10.1. The van der Waals surface area contributed by atoms with E-state index in [1.807, 2.05) is 0 Å². The third-order valence-electron chi connectivity index (χ3n) is 7.11. The van der Waals surface area contributed by atoms with Crippen molar-refractivity contribution in [1.29, 1.82) is 0 Å². The van der Waals surface area contributed by atoms with Crippen LogP contribution in [0.5, 0.6) is 0 Å². The number of anilines is 1. The summed E-state index contributed by atoms with van der Waals surface area (Å²) in [4.78, 5) is 63.4. The molecule has 0 spiro atoms. The van der Waals surface area contributed by atoms with Gasteiger partial charge in [0.25, 0.3) is 0 Å². The molecule has 266 valence electrons. The predicted molar refractivity (Wildman–Crippen MR) is 153 cm³/mol. The monoisotopic (exact) mass is 745 g/mol. The van der Waals surface area contributed by atoms with Crippen LogP contribution in [0, 0.1) is 0 Å². The minimum absolute atomic E-state index is 0.00424.